The van der Waals surface area contributed by atoms with E-state index in [-0.39, 0.29) is 11.9 Å². The molecule has 0 spiro atoms. The number of fused-ring (bicyclic) bond motifs is 1. The van der Waals surface area contributed by atoms with E-state index < -0.39 is 0 Å². The number of hydrogen-bond donors (Lipinski definition) is 0. The Balaban J connectivity index is 1.99. The lowest BCUT2D eigenvalue weighted by molar-refractivity contribution is 0.0692. The second-order valence-corrected chi connectivity index (χ2v) is 6.22. The Bertz CT molecular complexity index is 870. The highest BCUT2D eigenvalue weighted by Crippen LogP contribution is 2.17. The van der Waals surface area contributed by atoms with Crippen LogP contribution in [0.5, 0.6) is 0 Å². The van der Waals surface area contributed by atoms with E-state index in [0.717, 1.165) is 17.0 Å². The topological polar surface area (TPSA) is 63.4 Å². The van der Waals surface area contributed by atoms with Gasteiger partial charge in [-0.25, -0.2) is 9.50 Å². The highest BCUT2D eigenvalue weighted by Gasteiger charge is 2.23. The molecule has 0 saturated heterocycles. The molecule has 0 saturated carbocycles. The van der Waals surface area contributed by atoms with Crippen LogP contribution in [-0.4, -0.2) is 36.4 Å². The maximum Gasteiger partial charge on any atom is 0.259 e. The average Bonchev–Trinajstić information content (AvgIpc) is 2.96. The molecule has 3 heterocycles. The van der Waals surface area contributed by atoms with Gasteiger partial charge in [-0.2, -0.15) is 5.10 Å². The first kappa shape index (κ1) is 16.1. The van der Waals surface area contributed by atoms with E-state index in [9.17, 15) is 4.79 Å². The average molecular weight is 323 g/mol. The molecule has 0 unspecified atom stereocenters. The summed E-state index contributed by atoms with van der Waals surface area (Å²) in [6.45, 7) is 8.39. The van der Waals surface area contributed by atoms with Gasteiger partial charge in [0.1, 0.15) is 5.56 Å². The third-order valence-corrected chi connectivity index (χ3v) is 3.97. The second kappa shape index (κ2) is 6.39. The van der Waals surface area contributed by atoms with Gasteiger partial charge in [0.2, 0.25) is 0 Å². The van der Waals surface area contributed by atoms with E-state index >= 15 is 0 Å². The van der Waals surface area contributed by atoms with Crippen molar-refractivity contribution >= 4 is 11.6 Å². The van der Waals surface area contributed by atoms with E-state index in [2.05, 4.69) is 15.1 Å². The molecule has 0 radical (unpaired) electrons. The monoisotopic (exact) mass is 323 g/mol. The molecule has 0 aliphatic carbocycles. The quantitative estimate of drug-likeness (QED) is 0.740. The number of carbonyl (C=O) groups excluding carboxylic acids is 1. The Labute approximate surface area is 141 Å². The van der Waals surface area contributed by atoms with Crippen LogP contribution in [0, 0.1) is 13.8 Å². The predicted molar refractivity (Wildman–Crippen MR) is 91.7 cm³/mol. The summed E-state index contributed by atoms with van der Waals surface area (Å²) < 4.78 is 1.71. The van der Waals surface area contributed by atoms with E-state index in [4.69, 9.17) is 0 Å². The van der Waals surface area contributed by atoms with E-state index in [1.54, 1.807) is 23.1 Å². The van der Waals surface area contributed by atoms with Gasteiger partial charge in [-0.1, -0.05) is 6.07 Å². The third kappa shape index (κ3) is 2.99. The van der Waals surface area contributed by atoms with Crippen molar-refractivity contribution in [3.05, 3.63) is 59.3 Å². The van der Waals surface area contributed by atoms with Crippen molar-refractivity contribution in [3.63, 3.8) is 0 Å². The zero-order chi connectivity index (χ0) is 17.3. The minimum atomic E-state index is -0.0682. The summed E-state index contributed by atoms with van der Waals surface area (Å²) in [5.41, 5.74) is 3.96. The summed E-state index contributed by atoms with van der Waals surface area (Å²) in [5, 5.41) is 4.32. The summed E-state index contributed by atoms with van der Waals surface area (Å²) >= 11 is 0. The number of amides is 1. The number of hydrogen-bond acceptors (Lipinski definition) is 4. The fourth-order valence-electron chi connectivity index (χ4n) is 2.75. The van der Waals surface area contributed by atoms with Crippen LogP contribution >= 0.6 is 0 Å². The lowest BCUT2D eigenvalue weighted by Crippen LogP contribution is -2.36. The van der Waals surface area contributed by atoms with Crippen LogP contribution in [0.15, 0.2) is 36.8 Å². The van der Waals surface area contributed by atoms with Crippen LogP contribution in [0.3, 0.4) is 0 Å². The second-order valence-electron chi connectivity index (χ2n) is 6.22. The highest BCUT2D eigenvalue weighted by molar-refractivity contribution is 5.99. The molecule has 124 valence electrons. The van der Waals surface area contributed by atoms with Gasteiger partial charge in [0.05, 0.1) is 6.20 Å². The van der Waals surface area contributed by atoms with Crippen molar-refractivity contribution in [1.29, 1.82) is 0 Å². The van der Waals surface area contributed by atoms with Crippen LogP contribution in [0.1, 0.15) is 41.2 Å². The van der Waals surface area contributed by atoms with Crippen LogP contribution in [0.25, 0.3) is 5.65 Å². The lowest BCUT2D eigenvalue weighted by atomic mass is 10.2. The summed E-state index contributed by atoms with van der Waals surface area (Å²) in [5.74, 6) is -0.0682. The number of pyridine rings is 1. The van der Waals surface area contributed by atoms with Crippen molar-refractivity contribution in [2.75, 3.05) is 0 Å². The van der Waals surface area contributed by atoms with Crippen LogP contribution in [0.2, 0.25) is 0 Å². The molecule has 3 rings (SSSR count). The number of nitrogens with zero attached hydrogens (tertiary/aromatic N) is 5. The van der Waals surface area contributed by atoms with Crippen molar-refractivity contribution in [2.24, 2.45) is 0 Å². The molecule has 6 nitrogen and oxygen atoms in total. The van der Waals surface area contributed by atoms with E-state index in [1.807, 2.05) is 50.8 Å². The molecule has 0 bridgehead atoms. The Morgan fingerprint density at radius 3 is 2.75 bits per heavy atom. The molecule has 0 aromatic carbocycles. The fourth-order valence-corrected chi connectivity index (χ4v) is 2.75. The van der Waals surface area contributed by atoms with Gasteiger partial charge in [0, 0.05) is 36.4 Å². The zero-order valence-corrected chi connectivity index (χ0v) is 14.4. The number of aryl methyl sites for hydroxylation is 2. The van der Waals surface area contributed by atoms with Crippen molar-refractivity contribution in [1.82, 2.24) is 24.5 Å². The lowest BCUT2D eigenvalue weighted by Gasteiger charge is -2.26. The first-order chi connectivity index (χ1) is 11.5. The van der Waals surface area contributed by atoms with Crippen LogP contribution in [0.4, 0.5) is 0 Å². The molecule has 6 heteroatoms. The van der Waals surface area contributed by atoms with E-state index in [1.165, 1.54) is 0 Å². The smallest absolute Gasteiger partial charge is 0.259 e. The van der Waals surface area contributed by atoms with Crippen LogP contribution < -0.4 is 0 Å². The SMILES string of the molecule is Cc1cc(C)n2ncc(C(=O)N(Cc3cccnc3)C(C)C)c2n1. The molecule has 3 aromatic heterocycles. The fraction of sp³-hybridized carbons (Fsp3) is 0.333. The number of carbonyl (C=O) groups is 1. The zero-order valence-electron chi connectivity index (χ0n) is 14.4. The molecule has 1 amide bonds. The predicted octanol–water partition coefficient (Wildman–Crippen LogP) is 2.79. The normalized spacial score (nSPS) is 11.2. The minimum absolute atomic E-state index is 0.0542. The van der Waals surface area contributed by atoms with Gasteiger partial charge in [-0.15, -0.1) is 0 Å². The Hall–Kier alpha value is -2.76. The molecule has 0 N–H and O–H groups in total. The largest absolute Gasteiger partial charge is 0.332 e. The summed E-state index contributed by atoms with van der Waals surface area (Å²) in [7, 11) is 0. The Morgan fingerprint density at radius 1 is 1.29 bits per heavy atom. The number of rotatable bonds is 4. The van der Waals surface area contributed by atoms with E-state index in [0.29, 0.717) is 17.8 Å². The first-order valence-electron chi connectivity index (χ1n) is 7.99. The van der Waals surface area contributed by atoms with Gasteiger partial charge in [-0.05, 0) is 45.4 Å². The van der Waals surface area contributed by atoms with Gasteiger partial charge < -0.3 is 4.90 Å². The van der Waals surface area contributed by atoms with Gasteiger partial charge >= 0.3 is 0 Å². The maximum atomic E-state index is 13.1. The summed E-state index contributed by atoms with van der Waals surface area (Å²) in [6, 6.07) is 5.85. The molecular formula is C18H21N5O. The van der Waals surface area contributed by atoms with Crippen molar-refractivity contribution in [3.8, 4) is 0 Å². The van der Waals surface area contributed by atoms with Gasteiger partial charge in [0.25, 0.3) is 5.91 Å². The van der Waals surface area contributed by atoms with Gasteiger partial charge in [-0.3, -0.25) is 9.78 Å². The standard InChI is InChI=1S/C18H21N5O/c1-12(2)22(11-15-6-5-7-19-9-15)18(24)16-10-20-23-14(4)8-13(3)21-17(16)23/h5-10,12H,11H2,1-4H3. The molecule has 0 aliphatic rings. The van der Waals surface area contributed by atoms with Crippen molar-refractivity contribution < 1.29 is 4.79 Å². The molecular weight excluding hydrogens is 302 g/mol. The Morgan fingerprint density at radius 2 is 2.08 bits per heavy atom. The summed E-state index contributed by atoms with van der Waals surface area (Å²) in [4.78, 5) is 23.5. The highest BCUT2D eigenvalue weighted by atomic mass is 16.2. The minimum Gasteiger partial charge on any atom is -0.332 e. The van der Waals surface area contributed by atoms with Crippen LogP contribution in [-0.2, 0) is 6.54 Å². The molecule has 0 fully saturated rings. The molecule has 0 atom stereocenters. The third-order valence-electron chi connectivity index (χ3n) is 3.97. The molecule has 0 aliphatic heterocycles. The molecule has 24 heavy (non-hydrogen) atoms. The van der Waals surface area contributed by atoms with Gasteiger partial charge in [0.15, 0.2) is 5.65 Å². The summed E-state index contributed by atoms with van der Waals surface area (Å²) in [6.07, 6.45) is 5.12. The first-order valence-corrected chi connectivity index (χ1v) is 7.99. The Kier molecular flexibility index (Phi) is 4.29. The maximum absolute atomic E-state index is 13.1. The van der Waals surface area contributed by atoms with Crippen molar-refractivity contribution in [2.45, 2.75) is 40.3 Å². The molecule has 3 aromatic rings. The number of aromatic nitrogens is 4.